The Kier molecular flexibility index (Phi) is 5.87. The highest BCUT2D eigenvalue weighted by Crippen LogP contribution is 2.07. The first-order valence-corrected chi connectivity index (χ1v) is 8.34. The Morgan fingerprint density at radius 2 is 2.12 bits per heavy atom. The number of furan rings is 1. The van der Waals surface area contributed by atoms with E-state index >= 15 is 0 Å². The predicted octanol–water partition coefficient (Wildman–Crippen LogP) is 2.43. The number of aliphatic imine (C=N–C) groups is 1. The predicted molar refractivity (Wildman–Crippen MR) is 98.4 cm³/mol. The number of hydrogen-bond donors (Lipinski definition) is 2. The van der Waals surface area contributed by atoms with Gasteiger partial charge in [-0.1, -0.05) is 24.3 Å². The van der Waals surface area contributed by atoms with Gasteiger partial charge < -0.3 is 19.6 Å². The SMILES string of the molecule is CN=C(NCCc1ccco1)NCc1cccc(Cn2ccnc2)c1. The Labute approximate surface area is 147 Å². The van der Waals surface area contributed by atoms with E-state index < -0.39 is 0 Å². The van der Waals surface area contributed by atoms with E-state index in [1.54, 1.807) is 19.5 Å². The summed E-state index contributed by atoms with van der Waals surface area (Å²) in [6.07, 6.45) is 8.11. The number of nitrogens with zero attached hydrogens (tertiary/aromatic N) is 3. The molecule has 0 aliphatic rings. The van der Waals surface area contributed by atoms with Crippen LogP contribution in [0.3, 0.4) is 0 Å². The lowest BCUT2D eigenvalue weighted by Crippen LogP contribution is -2.37. The maximum atomic E-state index is 5.33. The number of aromatic nitrogens is 2. The quantitative estimate of drug-likeness (QED) is 0.513. The number of rotatable bonds is 7. The van der Waals surface area contributed by atoms with Gasteiger partial charge in [0.05, 0.1) is 12.6 Å². The third-order valence-corrected chi connectivity index (χ3v) is 3.84. The van der Waals surface area contributed by atoms with Crippen molar-refractivity contribution in [2.45, 2.75) is 19.5 Å². The molecular formula is C19H23N5O. The monoisotopic (exact) mass is 337 g/mol. The molecule has 0 saturated carbocycles. The molecule has 0 saturated heterocycles. The van der Waals surface area contributed by atoms with E-state index in [1.165, 1.54) is 11.1 Å². The summed E-state index contributed by atoms with van der Waals surface area (Å²) in [6.45, 7) is 2.32. The second-order valence-corrected chi connectivity index (χ2v) is 5.74. The summed E-state index contributed by atoms with van der Waals surface area (Å²) in [7, 11) is 1.78. The average molecular weight is 337 g/mol. The van der Waals surface area contributed by atoms with Crippen molar-refractivity contribution in [3.05, 3.63) is 78.3 Å². The minimum absolute atomic E-state index is 0.720. The summed E-state index contributed by atoms with van der Waals surface area (Å²) >= 11 is 0. The first-order chi connectivity index (χ1) is 12.3. The minimum atomic E-state index is 0.720. The third-order valence-electron chi connectivity index (χ3n) is 3.84. The summed E-state index contributed by atoms with van der Waals surface area (Å²) < 4.78 is 7.38. The van der Waals surface area contributed by atoms with Crippen LogP contribution >= 0.6 is 0 Å². The van der Waals surface area contributed by atoms with Crippen molar-refractivity contribution in [3.63, 3.8) is 0 Å². The molecule has 3 rings (SSSR count). The molecule has 0 unspecified atom stereocenters. The van der Waals surface area contributed by atoms with Gasteiger partial charge in [0, 0.05) is 45.5 Å². The molecule has 0 radical (unpaired) electrons. The van der Waals surface area contributed by atoms with Crippen LogP contribution in [0.5, 0.6) is 0 Å². The summed E-state index contributed by atoms with van der Waals surface area (Å²) in [5.74, 6) is 1.75. The fraction of sp³-hybridized carbons (Fsp3) is 0.263. The van der Waals surface area contributed by atoms with Crippen LogP contribution in [0.15, 0.2) is 70.8 Å². The van der Waals surface area contributed by atoms with Gasteiger partial charge in [-0.25, -0.2) is 4.98 Å². The highest BCUT2D eigenvalue weighted by molar-refractivity contribution is 5.79. The van der Waals surface area contributed by atoms with E-state index in [0.717, 1.165) is 37.8 Å². The Morgan fingerprint density at radius 3 is 2.88 bits per heavy atom. The number of imidazole rings is 1. The van der Waals surface area contributed by atoms with Gasteiger partial charge in [0.1, 0.15) is 5.76 Å². The molecule has 2 heterocycles. The molecule has 0 fully saturated rings. The van der Waals surface area contributed by atoms with Gasteiger partial charge in [-0.15, -0.1) is 0 Å². The van der Waals surface area contributed by atoms with Crippen molar-refractivity contribution in [1.29, 1.82) is 0 Å². The molecule has 0 aliphatic carbocycles. The summed E-state index contributed by atoms with van der Waals surface area (Å²) in [6, 6.07) is 12.4. The lowest BCUT2D eigenvalue weighted by Gasteiger charge is -2.12. The summed E-state index contributed by atoms with van der Waals surface area (Å²) in [5.41, 5.74) is 2.46. The smallest absolute Gasteiger partial charge is 0.191 e. The Hall–Kier alpha value is -3.02. The molecular weight excluding hydrogens is 314 g/mol. The molecule has 130 valence electrons. The Balaban J connectivity index is 1.47. The van der Waals surface area contributed by atoms with Gasteiger partial charge in [0.15, 0.2) is 5.96 Å². The van der Waals surface area contributed by atoms with Gasteiger partial charge in [-0.2, -0.15) is 0 Å². The van der Waals surface area contributed by atoms with Crippen molar-refractivity contribution < 1.29 is 4.42 Å². The summed E-state index contributed by atoms with van der Waals surface area (Å²) in [5, 5.41) is 6.64. The van der Waals surface area contributed by atoms with E-state index in [-0.39, 0.29) is 0 Å². The van der Waals surface area contributed by atoms with Crippen LogP contribution in [0.25, 0.3) is 0 Å². The zero-order valence-electron chi connectivity index (χ0n) is 14.4. The molecule has 6 heteroatoms. The standard InChI is InChI=1S/C19H23N5O/c1-20-19(22-8-7-18-6-3-11-25-18)23-13-16-4-2-5-17(12-16)14-24-10-9-21-15-24/h2-6,9-12,15H,7-8,13-14H2,1H3,(H2,20,22,23). The third kappa shape index (κ3) is 5.24. The van der Waals surface area contributed by atoms with Gasteiger partial charge in [-0.3, -0.25) is 4.99 Å². The lowest BCUT2D eigenvalue weighted by atomic mass is 10.1. The molecule has 6 nitrogen and oxygen atoms in total. The van der Waals surface area contributed by atoms with Crippen molar-refractivity contribution in [2.75, 3.05) is 13.6 Å². The van der Waals surface area contributed by atoms with Crippen molar-refractivity contribution in [1.82, 2.24) is 20.2 Å². The van der Waals surface area contributed by atoms with Crippen LogP contribution in [0.2, 0.25) is 0 Å². The molecule has 2 aromatic heterocycles. The molecule has 0 bridgehead atoms. The normalized spacial score (nSPS) is 11.5. The molecule has 0 atom stereocenters. The second kappa shape index (κ2) is 8.73. The first kappa shape index (κ1) is 16.8. The van der Waals surface area contributed by atoms with Gasteiger partial charge in [0.2, 0.25) is 0 Å². The van der Waals surface area contributed by atoms with Crippen molar-refractivity contribution in [3.8, 4) is 0 Å². The largest absolute Gasteiger partial charge is 0.469 e. The maximum absolute atomic E-state index is 5.33. The van der Waals surface area contributed by atoms with E-state index in [2.05, 4.69) is 49.4 Å². The Bertz CT molecular complexity index is 778. The fourth-order valence-corrected chi connectivity index (χ4v) is 2.59. The number of benzene rings is 1. The van der Waals surface area contributed by atoms with Crippen LogP contribution in [0.1, 0.15) is 16.9 Å². The minimum Gasteiger partial charge on any atom is -0.469 e. The van der Waals surface area contributed by atoms with E-state index in [1.807, 2.05) is 24.7 Å². The lowest BCUT2D eigenvalue weighted by molar-refractivity contribution is 0.507. The fourth-order valence-electron chi connectivity index (χ4n) is 2.59. The number of hydrogen-bond acceptors (Lipinski definition) is 3. The van der Waals surface area contributed by atoms with Crippen LogP contribution in [-0.4, -0.2) is 29.1 Å². The molecule has 0 spiro atoms. The van der Waals surface area contributed by atoms with Gasteiger partial charge >= 0.3 is 0 Å². The molecule has 1 aromatic carbocycles. The molecule has 25 heavy (non-hydrogen) atoms. The van der Waals surface area contributed by atoms with Crippen LogP contribution in [0, 0.1) is 0 Å². The topological polar surface area (TPSA) is 67.4 Å². The van der Waals surface area contributed by atoms with Gasteiger partial charge in [-0.05, 0) is 23.3 Å². The van der Waals surface area contributed by atoms with Gasteiger partial charge in [0.25, 0.3) is 0 Å². The van der Waals surface area contributed by atoms with E-state index in [0.29, 0.717) is 0 Å². The van der Waals surface area contributed by atoms with E-state index in [4.69, 9.17) is 4.42 Å². The first-order valence-electron chi connectivity index (χ1n) is 8.34. The number of nitrogens with one attached hydrogen (secondary N) is 2. The highest BCUT2D eigenvalue weighted by Gasteiger charge is 2.01. The molecule has 0 amide bonds. The van der Waals surface area contributed by atoms with Crippen LogP contribution in [0.4, 0.5) is 0 Å². The molecule has 3 aromatic rings. The highest BCUT2D eigenvalue weighted by atomic mass is 16.3. The van der Waals surface area contributed by atoms with Crippen LogP contribution < -0.4 is 10.6 Å². The molecule has 2 N–H and O–H groups in total. The average Bonchev–Trinajstić information content (AvgIpc) is 3.32. The van der Waals surface area contributed by atoms with Crippen molar-refractivity contribution >= 4 is 5.96 Å². The van der Waals surface area contributed by atoms with Crippen LogP contribution in [-0.2, 0) is 19.5 Å². The van der Waals surface area contributed by atoms with E-state index in [9.17, 15) is 0 Å². The Morgan fingerprint density at radius 1 is 1.20 bits per heavy atom. The zero-order valence-corrected chi connectivity index (χ0v) is 14.4. The number of guanidine groups is 1. The maximum Gasteiger partial charge on any atom is 0.191 e. The van der Waals surface area contributed by atoms with Crippen molar-refractivity contribution in [2.24, 2.45) is 4.99 Å². The molecule has 0 aliphatic heterocycles. The zero-order chi connectivity index (χ0) is 17.3. The second-order valence-electron chi connectivity index (χ2n) is 5.74. The summed E-state index contributed by atoms with van der Waals surface area (Å²) in [4.78, 5) is 8.33.